The maximum absolute atomic E-state index is 11.6. The molecular weight excluding hydrogens is 794 g/mol. The van der Waals surface area contributed by atoms with Crippen molar-refractivity contribution in [2.24, 2.45) is 46.3 Å². The number of rotatable bonds is 8. The Morgan fingerprint density at radius 2 is 1.33 bits per heavy atom. The van der Waals surface area contributed by atoms with Crippen LogP contribution in [0.5, 0.6) is 0 Å². The van der Waals surface area contributed by atoms with Crippen molar-refractivity contribution in [1.29, 1.82) is 0 Å². The average Bonchev–Trinajstić information content (AvgIpc) is 3.71. The number of ether oxygens (including phenoxy) is 6. The lowest BCUT2D eigenvalue weighted by molar-refractivity contribution is -0.394. The van der Waals surface area contributed by atoms with Crippen LogP contribution in [0.15, 0.2) is 11.6 Å². The van der Waals surface area contributed by atoms with Crippen LogP contribution in [-0.4, -0.2) is 181 Å². The van der Waals surface area contributed by atoms with Crippen LogP contribution in [0.2, 0.25) is 0 Å². The lowest BCUT2D eigenvalue weighted by Crippen LogP contribution is -2.67. The van der Waals surface area contributed by atoms with E-state index in [9.17, 15) is 46.0 Å². The second kappa shape index (κ2) is 17.1. The minimum Gasteiger partial charge on any atom is -0.394 e. The highest BCUT2D eigenvalue weighted by atomic mass is 16.8. The highest BCUT2D eigenvalue weighted by Gasteiger charge is 2.66. The van der Waals surface area contributed by atoms with Crippen molar-refractivity contribution in [2.45, 2.75) is 203 Å². The predicted molar refractivity (Wildman–Crippen MR) is 215 cm³/mol. The first-order valence-electron chi connectivity index (χ1n) is 23.4. The van der Waals surface area contributed by atoms with Gasteiger partial charge in [-0.2, -0.15) is 0 Å². The van der Waals surface area contributed by atoms with E-state index in [4.69, 9.17) is 28.4 Å². The highest BCUT2D eigenvalue weighted by molar-refractivity contribution is 5.27. The summed E-state index contributed by atoms with van der Waals surface area (Å²) in [6, 6.07) is 1.43. The maximum atomic E-state index is 11.6. The molecule has 4 aliphatic carbocycles. The molecule has 8 fully saturated rings. The van der Waals surface area contributed by atoms with Crippen molar-refractivity contribution >= 4 is 0 Å². The number of aliphatic hydroxyl groups excluding tert-OH is 9. The minimum absolute atomic E-state index is 0.00462. The summed E-state index contributed by atoms with van der Waals surface area (Å²) in [5.74, 6) is 4.15. The number of nitrogens with zero attached hydrogens (tertiary/aromatic N) is 1. The SMILES string of the molecule is C[C@H]1CC[C@H]2[C@@H](C)[C@H]3[C@H](C[C@H]4[C@@H]5CC=C6C[C@@H](O[C@H]7O[C@H](CO)[C@H](O)[C@H](O[C@@H]8O[C@H](CO)[C@@H](O)[C@H](O)[C@H]8O)[C@H]7O[C@@H]7O[C@@H](C)[C@H](O)[C@@H](O)[C@H]7O)CC[C@]6(C)[C@H]5CC[C@]34C)N2C1. The fourth-order valence-corrected chi connectivity index (χ4v) is 14.7. The highest BCUT2D eigenvalue weighted by Crippen LogP contribution is 2.70. The van der Waals surface area contributed by atoms with Crippen LogP contribution in [0.3, 0.4) is 0 Å². The third-order valence-corrected chi connectivity index (χ3v) is 18.0. The third-order valence-electron chi connectivity index (χ3n) is 18.0. The second-order valence-electron chi connectivity index (χ2n) is 21.2. The monoisotopic (exact) mass is 867 g/mol. The lowest BCUT2D eigenvalue weighted by Gasteiger charge is -2.58. The standard InChI is InChI=1S/C45H73NO15/c1-19-6-9-27-20(2)31-28(46(27)16-19)15-26-24-8-7-22-14-23(10-12-44(22,4)25(24)11-13-45(26,31)5)57-43-40(61-41-37(54)35(52)32(49)21(3)56-41)39(34(51)30(18-48)59-43)60-42-38(55)36(53)33(50)29(17-47)58-42/h7,19-21,23-43,47-55H,6,8-18H2,1-5H3/t19-,20+,21-,23-,24+,25-,26-,27-,28-,29+,30+,31-,32-,33+,34-,35+,36-,37+,38+,39-,40+,41-,42-,43-,44-,45-/m0/s1. The van der Waals surface area contributed by atoms with Gasteiger partial charge >= 0.3 is 0 Å². The van der Waals surface area contributed by atoms with Gasteiger partial charge in [0.05, 0.1) is 25.4 Å². The quantitative estimate of drug-likeness (QED) is 0.148. The Morgan fingerprint density at radius 1 is 0.672 bits per heavy atom. The summed E-state index contributed by atoms with van der Waals surface area (Å²) >= 11 is 0. The largest absolute Gasteiger partial charge is 0.394 e. The Labute approximate surface area is 359 Å². The smallest absolute Gasteiger partial charge is 0.187 e. The summed E-state index contributed by atoms with van der Waals surface area (Å²) in [6.45, 7) is 11.4. The number of piperidine rings is 1. The van der Waals surface area contributed by atoms with Gasteiger partial charge in [-0.3, -0.25) is 4.90 Å². The molecule has 3 saturated carbocycles. The molecule has 16 heteroatoms. The first-order chi connectivity index (χ1) is 29.0. The number of hydrogen-bond donors (Lipinski definition) is 9. The average molecular weight is 868 g/mol. The predicted octanol–water partition coefficient (Wildman–Crippen LogP) is 0.155. The van der Waals surface area contributed by atoms with Gasteiger partial charge < -0.3 is 74.4 Å². The molecule has 61 heavy (non-hydrogen) atoms. The Bertz CT molecular complexity index is 1590. The van der Waals surface area contributed by atoms with Crippen LogP contribution < -0.4 is 0 Å². The first-order valence-corrected chi connectivity index (χ1v) is 23.4. The van der Waals surface area contributed by atoms with Gasteiger partial charge in [-0.25, -0.2) is 0 Å². The molecule has 16 nitrogen and oxygen atoms in total. The number of hydrogen-bond acceptors (Lipinski definition) is 16. The van der Waals surface area contributed by atoms with Gasteiger partial charge in [0.2, 0.25) is 0 Å². The van der Waals surface area contributed by atoms with Crippen LogP contribution in [0, 0.1) is 46.3 Å². The fourth-order valence-electron chi connectivity index (χ4n) is 14.7. The molecule has 0 spiro atoms. The molecule has 0 aromatic rings. The van der Waals surface area contributed by atoms with E-state index in [1.54, 1.807) is 0 Å². The van der Waals surface area contributed by atoms with E-state index < -0.39 is 105 Å². The molecule has 348 valence electrons. The van der Waals surface area contributed by atoms with E-state index in [0.717, 1.165) is 36.6 Å². The van der Waals surface area contributed by atoms with Gasteiger partial charge in [0.15, 0.2) is 18.9 Å². The zero-order valence-corrected chi connectivity index (χ0v) is 36.3. The van der Waals surface area contributed by atoms with Gasteiger partial charge in [-0.05, 0) is 111 Å². The Morgan fingerprint density at radius 3 is 2.05 bits per heavy atom. The van der Waals surface area contributed by atoms with E-state index >= 15 is 0 Å². The van der Waals surface area contributed by atoms with Gasteiger partial charge in [-0.1, -0.05) is 39.3 Å². The summed E-state index contributed by atoms with van der Waals surface area (Å²) in [5.41, 5.74) is 1.72. The molecule has 0 unspecified atom stereocenters. The van der Waals surface area contributed by atoms with Crippen molar-refractivity contribution in [1.82, 2.24) is 4.90 Å². The van der Waals surface area contributed by atoms with E-state index in [1.165, 1.54) is 51.1 Å². The summed E-state index contributed by atoms with van der Waals surface area (Å²) in [4.78, 5) is 2.94. The van der Waals surface area contributed by atoms with Crippen molar-refractivity contribution in [3.8, 4) is 0 Å². The maximum Gasteiger partial charge on any atom is 0.187 e. The molecule has 9 N–H and O–H groups in total. The first kappa shape index (κ1) is 45.3. The molecule has 26 atom stereocenters. The number of fused-ring (bicyclic) bond motifs is 9. The topological polar surface area (TPSA) is 241 Å². The molecule has 0 radical (unpaired) electrons. The molecule has 9 rings (SSSR count). The van der Waals surface area contributed by atoms with E-state index in [0.29, 0.717) is 42.1 Å². The van der Waals surface area contributed by atoms with E-state index in [-0.39, 0.29) is 11.5 Å². The Kier molecular flexibility index (Phi) is 12.7. The van der Waals surface area contributed by atoms with Crippen LogP contribution in [0.1, 0.15) is 92.4 Å². The van der Waals surface area contributed by atoms with E-state index in [1.807, 2.05) is 0 Å². The summed E-state index contributed by atoms with van der Waals surface area (Å²) in [6.07, 6.45) is -11.1. The summed E-state index contributed by atoms with van der Waals surface area (Å²) < 4.78 is 36.8. The molecule has 5 aliphatic heterocycles. The normalized spacial score (nSPS) is 57.3. The van der Waals surface area contributed by atoms with Gasteiger partial charge in [0.1, 0.15) is 67.1 Å². The lowest BCUT2D eigenvalue weighted by atomic mass is 9.47. The van der Waals surface area contributed by atoms with Gasteiger partial charge in [0, 0.05) is 18.6 Å². The van der Waals surface area contributed by atoms with Gasteiger partial charge in [0.25, 0.3) is 0 Å². The molecule has 5 heterocycles. The zero-order chi connectivity index (χ0) is 43.4. The van der Waals surface area contributed by atoms with Crippen molar-refractivity contribution in [2.75, 3.05) is 19.8 Å². The Balaban J connectivity index is 0.952. The Hall–Kier alpha value is -0.900. The second-order valence-corrected chi connectivity index (χ2v) is 21.2. The molecule has 0 aromatic heterocycles. The number of aliphatic hydroxyl groups is 9. The molecule has 9 aliphatic rings. The van der Waals surface area contributed by atoms with E-state index in [2.05, 4.69) is 38.7 Å². The van der Waals surface area contributed by atoms with Crippen molar-refractivity contribution < 1.29 is 74.4 Å². The third kappa shape index (κ3) is 7.42. The van der Waals surface area contributed by atoms with Crippen LogP contribution >= 0.6 is 0 Å². The minimum atomic E-state index is -1.83. The van der Waals surface area contributed by atoms with Crippen molar-refractivity contribution in [3.63, 3.8) is 0 Å². The zero-order valence-electron chi connectivity index (χ0n) is 36.3. The molecule has 0 aromatic carbocycles. The van der Waals surface area contributed by atoms with Gasteiger partial charge in [-0.15, -0.1) is 0 Å². The molecule has 5 saturated heterocycles. The summed E-state index contributed by atoms with van der Waals surface area (Å²) in [5, 5.41) is 95.8. The van der Waals surface area contributed by atoms with Crippen LogP contribution in [-0.2, 0) is 28.4 Å². The molecule has 0 amide bonds. The van der Waals surface area contributed by atoms with Crippen molar-refractivity contribution in [3.05, 3.63) is 11.6 Å². The van der Waals surface area contributed by atoms with Crippen LogP contribution in [0.25, 0.3) is 0 Å². The number of allylic oxidation sites excluding steroid dienone is 1. The molecular formula is C45H73NO15. The van der Waals surface area contributed by atoms with Crippen LogP contribution in [0.4, 0.5) is 0 Å². The molecule has 0 bridgehead atoms. The fraction of sp³-hybridized carbons (Fsp3) is 0.956. The summed E-state index contributed by atoms with van der Waals surface area (Å²) in [7, 11) is 0.